The number of hydrogen-bond acceptors (Lipinski definition) is 4. The van der Waals surface area contributed by atoms with E-state index in [0.717, 1.165) is 22.8 Å². The van der Waals surface area contributed by atoms with Crippen molar-refractivity contribution < 1.29 is 5.11 Å². The van der Waals surface area contributed by atoms with Crippen molar-refractivity contribution in [1.29, 1.82) is 0 Å². The molecule has 3 aromatic carbocycles. The first-order chi connectivity index (χ1) is 16.9. The molecule has 178 valence electrons. The first-order valence-electron chi connectivity index (χ1n) is 12.2. The van der Waals surface area contributed by atoms with Gasteiger partial charge in [0.2, 0.25) is 0 Å². The lowest BCUT2D eigenvalue weighted by atomic mass is 9.92. The van der Waals surface area contributed by atoms with Crippen molar-refractivity contribution in [2.24, 2.45) is 0 Å². The van der Waals surface area contributed by atoms with Crippen molar-refractivity contribution in [3.63, 3.8) is 0 Å². The number of imidazole rings is 1. The molecule has 0 fully saturated rings. The monoisotopic (exact) mass is 464 g/mol. The fraction of sp³-hybridized carbons (Fsp3) is 0.233. The van der Waals surface area contributed by atoms with E-state index in [4.69, 9.17) is 4.98 Å². The first kappa shape index (κ1) is 22.8. The van der Waals surface area contributed by atoms with Crippen LogP contribution in [-0.4, -0.2) is 21.3 Å². The minimum absolute atomic E-state index is 0.277. The summed E-state index contributed by atoms with van der Waals surface area (Å²) >= 11 is 0. The molecule has 35 heavy (non-hydrogen) atoms. The van der Waals surface area contributed by atoms with Gasteiger partial charge in [-0.25, -0.2) is 4.98 Å². The number of phenols is 1. The Hall–Kier alpha value is -3.99. The van der Waals surface area contributed by atoms with Gasteiger partial charge in [-0.3, -0.25) is 4.57 Å². The largest absolute Gasteiger partial charge is 0.506 e. The van der Waals surface area contributed by atoms with Crippen molar-refractivity contribution >= 4 is 11.4 Å². The van der Waals surface area contributed by atoms with Crippen LogP contribution in [0.15, 0.2) is 91.5 Å². The fourth-order valence-electron chi connectivity index (χ4n) is 4.76. The van der Waals surface area contributed by atoms with Crippen molar-refractivity contribution in [1.82, 2.24) is 9.55 Å². The number of benzene rings is 3. The van der Waals surface area contributed by atoms with Crippen molar-refractivity contribution in [3.8, 4) is 22.8 Å². The van der Waals surface area contributed by atoms with Gasteiger partial charge < -0.3 is 14.9 Å². The maximum absolute atomic E-state index is 10.3. The zero-order chi connectivity index (χ0) is 24.5. The van der Waals surface area contributed by atoms with Gasteiger partial charge in [-0.05, 0) is 47.2 Å². The molecular formula is C30H32N4O. The number of hydrogen-bond donors (Lipinski definition) is 1. The Labute approximate surface area is 207 Å². The molecule has 1 N–H and O–H groups in total. The highest BCUT2D eigenvalue weighted by molar-refractivity contribution is 5.70. The highest BCUT2D eigenvalue weighted by Crippen LogP contribution is 2.35. The summed E-state index contributed by atoms with van der Waals surface area (Å²) < 4.78 is 2.25. The first-order valence-corrected chi connectivity index (χ1v) is 12.2. The van der Waals surface area contributed by atoms with Gasteiger partial charge in [-0.2, -0.15) is 0 Å². The molecule has 2 heterocycles. The highest BCUT2D eigenvalue weighted by Gasteiger charge is 2.21. The predicted octanol–water partition coefficient (Wildman–Crippen LogP) is 7.25. The molecule has 0 amide bonds. The maximum Gasteiger partial charge on any atom is 0.144 e. The second-order valence-corrected chi connectivity index (χ2v) is 9.63. The second kappa shape index (κ2) is 9.34. The molecule has 5 rings (SSSR count). The van der Waals surface area contributed by atoms with Crippen LogP contribution in [0.5, 0.6) is 5.75 Å². The van der Waals surface area contributed by atoms with Crippen LogP contribution >= 0.6 is 0 Å². The van der Waals surface area contributed by atoms with Gasteiger partial charge in [0.15, 0.2) is 0 Å². The number of aromatic nitrogens is 2. The lowest BCUT2D eigenvalue weighted by Crippen LogP contribution is -2.24. The fourth-order valence-corrected chi connectivity index (χ4v) is 4.76. The van der Waals surface area contributed by atoms with Crippen LogP contribution in [0.2, 0.25) is 0 Å². The average molecular weight is 465 g/mol. The van der Waals surface area contributed by atoms with Gasteiger partial charge in [0, 0.05) is 36.0 Å². The van der Waals surface area contributed by atoms with E-state index in [0.29, 0.717) is 18.5 Å². The number of anilines is 2. The zero-order valence-electron chi connectivity index (χ0n) is 20.8. The molecule has 5 heteroatoms. The normalized spacial score (nSPS) is 13.4. The Morgan fingerprint density at radius 1 is 0.800 bits per heavy atom. The van der Waals surface area contributed by atoms with E-state index in [1.807, 2.05) is 41.7 Å². The molecular weight excluding hydrogens is 432 g/mol. The molecule has 1 aromatic heterocycles. The minimum Gasteiger partial charge on any atom is -0.506 e. The summed E-state index contributed by atoms with van der Waals surface area (Å²) in [5, 5.41) is 10.3. The van der Waals surface area contributed by atoms with E-state index in [2.05, 4.69) is 85.8 Å². The summed E-state index contributed by atoms with van der Waals surface area (Å²) in [6.45, 7) is 9.61. The topological polar surface area (TPSA) is 44.5 Å². The molecule has 0 radical (unpaired) electrons. The van der Waals surface area contributed by atoms with E-state index in [1.54, 1.807) is 6.07 Å². The van der Waals surface area contributed by atoms with Gasteiger partial charge in [0.1, 0.15) is 11.6 Å². The summed E-state index contributed by atoms with van der Waals surface area (Å²) in [7, 11) is 0. The third-order valence-electron chi connectivity index (χ3n) is 6.58. The van der Waals surface area contributed by atoms with Crippen LogP contribution in [0, 0.1) is 0 Å². The second-order valence-electron chi connectivity index (χ2n) is 9.63. The molecule has 0 bridgehead atoms. The standard InChI is InChI=1S/C30H32N4O/c1-21(2)25-11-8-12-26(22(3)4)29(25)34-16-15-31-30(34)23-9-7-10-24(19-23)32-17-18-33(20-32)27-13-5-6-14-28(27)35/h5-19,21-22,35H,20H2,1-4H3. The van der Waals surface area contributed by atoms with Gasteiger partial charge in [-0.1, -0.05) is 70.2 Å². The lowest BCUT2D eigenvalue weighted by molar-refractivity contribution is 0.475. The number of nitrogens with zero attached hydrogens (tertiary/aromatic N) is 4. The molecule has 5 nitrogen and oxygen atoms in total. The third-order valence-corrected chi connectivity index (χ3v) is 6.58. The maximum atomic E-state index is 10.3. The van der Waals surface area contributed by atoms with Gasteiger partial charge in [0.25, 0.3) is 0 Å². The van der Waals surface area contributed by atoms with Crippen LogP contribution in [0.25, 0.3) is 17.1 Å². The summed E-state index contributed by atoms with van der Waals surface area (Å²) in [4.78, 5) is 9.00. The van der Waals surface area contributed by atoms with Crippen molar-refractivity contribution in [3.05, 3.63) is 103 Å². The number of aromatic hydroxyl groups is 1. The summed E-state index contributed by atoms with van der Waals surface area (Å²) in [6.07, 6.45) is 8.00. The Kier molecular flexibility index (Phi) is 6.08. The molecule has 4 aromatic rings. The Balaban J connectivity index is 1.50. The predicted molar refractivity (Wildman–Crippen MR) is 144 cm³/mol. The van der Waals surface area contributed by atoms with Gasteiger partial charge in [-0.15, -0.1) is 0 Å². The Morgan fingerprint density at radius 3 is 2.20 bits per heavy atom. The smallest absolute Gasteiger partial charge is 0.144 e. The van der Waals surface area contributed by atoms with Crippen LogP contribution in [0.3, 0.4) is 0 Å². The molecule has 0 saturated carbocycles. The highest BCUT2D eigenvalue weighted by atomic mass is 16.3. The van der Waals surface area contributed by atoms with E-state index < -0.39 is 0 Å². The van der Waals surface area contributed by atoms with E-state index in [1.165, 1.54) is 16.8 Å². The van der Waals surface area contributed by atoms with Crippen molar-refractivity contribution in [2.75, 3.05) is 16.5 Å². The zero-order valence-corrected chi connectivity index (χ0v) is 20.8. The molecule has 1 aliphatic heterocycles. The quantitative estimate of drug-likeness (QED) is 0.326. The van der Waals surface area contributed by atoms with E-state index in [-0.39, 0.29) is 5.75 Å². The third kappa shape index (κ3) is 4.30. The Bertz CT molecular complexity index is 1340. The molecule has 1 aliphatic rings. The average Bonchev–Trinajstić information content (AvgIpc) is 3.54. The van der Waals surface area contributed by atoms with Crippen LogP contribution < -0.4 is 9.80 Å². The van der Waals surface area contributed by atoms with Crippen molar-refractivity contribution in [2.45, 2.75) is 39.5 Å². The number of phenolic OH excluding ortho intramolecular Hbond substituents is 1. The molecule has 0 spiro atoms. The van der Waals surface area contributed by atoms with Gasteiger partial charge >= 0.3 is 0 Å². The van der Waals surface area contributed by atoms with Crippen LogP contribution in [0.1, 0.15) is 50.7 Å². The van der Waals surface area contributed by atoms with Crippen LogP contribution in [-0.2, 0) is 0 Å². The van der Waals surface area contributed by atoms with E-state index in [9.17, 15) is 5.11 Å². The minimum atomic E-state index is 0.277. The van der Waals surface area contributed by atoms with Crippen LogP contribution in [0.4, 0.5) is 11.4 Å². The van der Waals surface area contributed by atoms with Gasteiger partial charge in [0.05, 0.1) is 18.0 Å². The molecule has 0 saturated heterocycles. The molecule has 0 atom stereocenters. The summed E-state index contributed by atoms with van der Waals surface area (Å²) in [6, 6.07) is 22.5. The summed E-state index contributed by atoms with van der Waals surface area (Å²) in [5.41, 5.74) is 6.83. The number of rotatable bonds is 6. The Morgan fingerprint density at radius 2 is 1.49 bits per heavy atom. The molecule has 0 aliphatic carbocycles. The SMILES string of the molecule is CC(C)c1cccc(C(C)C)c1-n1ccnc1-c1cccc(N2C=CN(c3ccccc3O)C2)c1. The number of para-hydroxylation sites is 3. The lowest BCUT2D eigenvalue weighted by Gasteiger charge is -2.23. The summed E-state index contributed by atoms with van der Waals surface area (Å²) in [5.74, 6) is 2.02. The molecule has 0 unspecified atom stereocenters. The van der Waals surface area contributed by atoms with E-state index >= 15 is 0 Å².